The van der Waals surface area contributed by atoms with E-state index in [0.717, 1.165) is 19.3 Å². The van der Waals surface area contributed by atoms with Crippen LogP contribution in [0.4, 0.5) is 4.79 Å². The lowest BCUT2D eigenvalue weighted by atomic mass is 9.98. The minimum atomic E-state index is -0.832. The molecule has 0 saturated heterocycles. The summed E-state index contributed by atoms with van der Waals surface area (Å²) >= 11 is 0. The van der Waals surface area contributed by atoms with Gasteiger partial charge in [-0.05, 0) is 60.3 Å². The van der Waals surface area contributed by atoms with Gasteiger partial charge in [-0.15, -0.1) is 0 Å². The molecule has 0 heterocycles. The van der Waals surface area contributed by atoms with Gasteiger partial charge < -0.3 is 20.5 Å². The zero-order chi connectivity index (χ0) is 23.7. The van der Waals surface area contributed by atoms with Crippen molar-refractivity contribution < 1.29 is 24.2 Å². The van der Waals surface area contributed by atoms with Gasteiger partial charge in [0.15, 0.2) is 0 Å². The van der Waals surface area contributed by atoms with E-state index in [1.807, 2.05) is 24.3 Å². The highest BCUT2D eigenvalue weighted by Crippen LogP contribution is 2.45. The number of carboxylic acids is 1. The Morgan fingerprint density at radius 2 is 1.62 bits per heavy atom. The summed E-state index contributed by atoms with van der Waals surface area (Å²) in [6.45, 7) is 0.485. The van der Waals surface area contributed by atoms with Gasteiger partial charge in [0.1, 0.15) is 6.61 Å². The number of aliphatic carboxylic acids is 1. The number of rotatable bonds is 8. The number of benzene rings is 2. The fraction of sp³-hybridized carbons (Fsp3) is 0.444. The molecule has 3 N–H and O–H groups in total. The first kappa shape index (κ1) is 22.4. The van der Waals surface area contributed by atoms with Crippen molar-refractivity contribution in [1.29, 1.82) is 0 Å². The highest BCUT2D eigenvalue weighted by atomic mass is 16.5. The molecule has 34 heavy (non-hydrogen) atoms. The van der Waals surface area contributed by atoms with Crippen LogP contribution in [0, 0.1) is 11.3 Å². The lowest BCUT2D eigenvalue weighted by Gasteiger charge is -2.17. The van der Waals surface area contributed by atoms with Gasteiger partial charge in [-0.2, -0.15) is 0 Å². The van der Waals surface area contributed by atoms with Gasteiger partial charge in [-0.1, -0.05) is 48.5 Å². The minimum absolute atomic E-state index is 0.0118. The molecule has 0 unspecified atom stereocenters. The topological polar surface area (TPSA) is 105 Å². The van der Waals surface area contributed by atoms with Crippen molar-refractivity contribution in [2.75, 3.05) is 13.2 Å². The van der Waals surface area contributed by atoms with Crippen molar-refractivity contribution in [3.63, 3.8) is 0 Å². The number of carbonyl (C=O) groups is 3. The van der Waals surface area contributed by atoms with Crippen LogP contribution < -0.4 is 10.6 Å². The fourth-order valence-corrected chi connectivity index (χ4v) is 5.42. The lowest BCUT2D eigenvalue weighted by molar-refractivity contribution is -0.143. The van der Waals surface area contributed by atoms with Crippen molar-refractivity contribution in [1.82, 2.24) is 10.6 Å². The van der Waals surface area contributed by atoms with Crippen LogP contribution >= 0.6 is 0 Å². The van der Waals surface area contributed by atoms with E-state index in [2.05, 4.69) is 34.9 Å². The predicted octanol–water partition coefficient (Wildman–Crippen LogP) is 4.06. The van der Waals surface area contributed by atoms with Gasteiger partial charge in [-0.3, -0.25) is 9.59 Å². The van der Waals surface area contributed by atoms with Crippen LogP contribution in [0.3, 0.4) is 0 Å². The van der Waals surface area contributed by atoms with Crippen molar-refractivity contribution >= 4 is 18.0 Å². The smallest absolute Gasteiger partial charge is 0.407 e. The van der Waals surface area contributed by atoms with Gasteiger partial charge in [0.25, 0.3) is 0 Å². The summed E-state index contributed by atoms with van der Waals surface area (Å²) in [5, 5.41) is 15.0. The predicted molar refractivity (Wildman–Crippen MR) is 126 cm³/mol. The molecule has 3 aliphatic carbocycles. The third kappa shape index (κ3) is 4.52. The minimum Gasteiger partial charge on any atom is -0.481 e. The zero-order valence-electron chi connectivity index (χ0n) is 19.1. The van der Waals surface area contributed by atoms with E-state index in [0.29, 0.717) is 19.3 Å². The number of hydrogen-bond donors (Lipinski definition) is 3. The Hall–Kier alpha value is -3.35. The van der Waals surface area contributed by atoms with Crippen molar-refractivity contribution in [3.8, 4) is 11.1 Å². The first-order valence-electron chi connectivity index (χ1n) is 12.1. The Morgan fingerprint density at radius 1 is 0.971 bits per heavy atom. The molecule has 0 bridgehead atoms. The molecule has 3 aliphatic rings. The second kappa shape index (κ2) is 9.12. The quantitative estimate of drug-likeness (QED) is 0.549. The summed E-state index contributed by atoms with van der Waals surface area (Å²) < 4.78 is 5.64. The maximum atomic E-state index is 12.5. The van der Waals surface area contributed by atoms with E-state index in [-0.39, 0.29) is 36.9 Å². The largest absolute Gasteiger partial charge is 0.481 e. The Labute approximate surface area is 198 Å². The van der Waals surface area contributed by atoms with E-state index in [4.69, 9.17) is 4.74 Å². The average molecular weight is 463 g/mol. The molecule has 0 aromatic heterocycles. The van der Waals surface area contributed by atoms with Crippen LogP contribution in [0.15, 0.2) is 48.5 Å². The Morgan fingerprint density at radius 3 is 2.24 bits per heavy atom. The summed E-state index contributed by atoms with van der Waals surface area (Å²) in [5.41, 5.74) is 4.00. The molecule has 2 atom stereocenters. The standard InChI is InChI=1S/C27H30N2O5/c30-24(28-16-27(11-12-27)25(31)32)14-17-9-10-18(13-17)29-26(33)34-15-23-21-7-3-1-5-19(21)20-6-2-4-8-22(20)23/h1-8,17-18,23H,9-16H2,(H,28,30)(H,29,33)(H,31,32)/t17-,18+/m0/s1. The van der Waals surface area contributed by atoms with E-state index in [1.165, 1.54) is 22.3 Å². The van der Waals surface area contributed by atoms with Gasteiger partial charge in [-0.25, -0.2) is 4.79 Å². The number of amides is 2. The highest BCUT2D eigenvalue weighted by Gasteiger charge is 2.50. The van der Waals surface area contributed by atoms with Crippen LogP contribution in [-0.4, -0.2) is 42.3 Å². The molecule has 178 valence electrons. The highest BCUT2D eigenvalue weighted by molar-refractivity contribution is 5.81. The molecule has 5 rings (SSSR count). The maximum Gasteiger partial charge on any atom is 0.407 e. The van der Waals surface area contributed by atoms with Crippen LogP contribution in [0.2, 0.25) is 0 Å². The third-order valence-corrected chi connectivity index (χ3v) is 7.61. The van der Waals surface area contributed by atoms with E-state index < -0.39 is 17.5 Å². The molecule has 2 aromatic carbocycles. The number of ether oxygens (including phenoxy) is 1. The van der Waals surface area contributed by atoms with E-state index in [9.17, 15) is 19.5 Å². The number of alkyl carbamates (subject to hydrolysis) is 1. The number of hydrogen-bond acceptors (Lipinski definition) is 4. The number of fused-ring (bicyclic) bond motifs is 3. The molecular formula is C27H30N2O5. The second-order valence-electron chi connectivity index (χ2n) is 9.91. The fourth-order valence-electron chi connectivity index (χ4n) is 5.42. The third-order valence-electron chi connectivity index (χ3n) is 7.61. The maximum absolute atomic E-state index is 12.5. The molecule has 2 fully saturated rings. The molecule has 0 radical (unpaired) electrons. The summed E-state index contributed by atoms with van der Waals surface area (Å²) in [6, 6.07) is 16.5. The summed E-state index contributed by atoms with van der Waals surface area (Å²) in [4.78, 5) is 36.0. The Balaban J connectivity index is 1.08. The van der Waals surface area contributed by atoms with Crippen LogP contribution in [0.5, 0.6) is 0 Å². The number of nitrogens with one attached hydrogen (secondary N) is 2. The SMILES string of the molecule is O=C(C[C@H]1CC[C@@H](NC(=O)OCC2c3ccccc3-c3ccccc32)C1)NCC1(C(=O)O)CC1. The normalized spacial score (nSPS) is 21.9. The van der Waals surface area contributed by atoms with Gasteiger partial charge in [0, 0.05) is 24.9 Å². The van der Waals surface area contributed by atoms with Gasteiger partial charge in [0.2, 0.25) is 5.91 Å². The van der Waals surface area contributed by atoms with Crippen LogP contribution in [-0.2, 0) is 14.3 Å². The summed E-state index contributed by atoms with van der Waals surface area (Å²) in [7, 11) is 0. The lowest BCUT2D eigenvalue weighted by Crippen LogP contribution is -2.35. The molecule has 2 amide bonds. The molecule has 7 heteroatoms. The molecule has 7 nitrogen and oxygen atoms in total. The first-order valence-corrected chi connectivity index (χ1v) is 12.1. The second-order valence-corrected chi connectivity index (χ2v) is 9.91. The molecule has 0 spiro atoms. The molecule has 2 aromatic rings. The molecular weight excluding hydrogens is 432 g/mol. The van der Waals surface area contributed by atoms with Gasteiger partial charge in [0.05, 0.1) is 5.41 Å². The zero-order valence-corrected chi connectivity index (χ0v) is 19.1. The van der Waals surface area contributed by atoms with Crippen molar-refractivity contribution in [2.24, 2.45) is 11.3 Å². The molecule has 0 aliphatic heterocycles. The van der Waals surface area contributed by atoms with Crippen molar-refractivity contribution in [2.45, 2.75) is 50.5 Å². The molecule has 2 saturated carbocycles. The van der Waals surface area contributed by atoms with E-state index >= 15 is 0 Å². The van der Waals surface area contributed by atoms with Crippen LogP contribution in [0.1, 0.15) is 55.6 Å². The van der Waals surface area contributed by atoms with Crippen LogP contribution in [0.25, 0.3) is 11.1 Å². The average Bonchev–Trinajstić information content (AvgIpc) is 3.41. The van der Waals surface area contributed by atoms with Gasteiger partial charge >= 0.3 is 12.1 Å². The number of carboxylic acid groups (broad SMARTS) is 1. The van der Waals surface area contributed by atoms with Crippen molar-refractivity contribution in [3.05, 3.63) is 59.7 Å². The first-order chi connectivity index (χ1) is 16.4. The monoisotopic (exact) mass is 462 g/mol. The number of carbonyl (C=O) groups excluding carboxylic acids is 2. The summed E-state index contributed by atoms with van der Waals surface area (Å²) in [5.74, 6) is -0.738. The van der Waals surface area contributed by atoms with E-state index in [1.54, 1.807) is 0 Å². The Kier molecular flexibility index (Phi) is 6.02. The Bertz CT molecular complexity index is 1060. The summed E-state index contributed by atoms with van der Waals surface area (Å²) in [6.07, 6.45) is 3.57.